The number of hydrogen-bond acceptors (Lipinski definition) is 19. The third-order valence-corrected chi connectivity index (χ3v) is 24.7. The van der Waals surface area contributed by atoms with Crippen molar-refractivity contribution >= 4 is 38.5 Å². The van der Waals surface area contributed by atoms with Crippen LogP contribution in [0.1, 0.15) is 129 Å². The highest BCUT2D eigenvalue weighted by Crippen LogP contribution is 2.69. The van der Waals surface area contributed by atoms with Crippen LogP contribution in [0.25, 0.3) is 11.0 Å². The van der Waals surface area contributed by atoms with Crippen LogP contribution >= 0.6 is 21.6 Å². The molecule has 3 aliphatic heterocycles. The van der Waals surface area contributed by atoms with Gasteiger partial charge in [-0.3, -0.25) is 4.79 Å². The van der Waals surface area contributed by atoms with Gasteiger partial charge in [-0.15, -0.1) is 0 Å². The average molecular weight is 1140 g/mol. The van der Waals surface area contributed by atoms with Crippen molar-refractivity contribution in [2.75, 3.05) is 65.9 Å². The van der Waals surface area contributed by atoms with Crippen molar-refractivity contribution in [2.24, 2.45) is 52.8 Å². The minimum atomic E-state index is -2.51. The summed E-state index contributed by atoms with van der Waals surface area (Å²) in [4.78, 5) is 13.1. The Balaban J connectivity index is 1.14. The predicted molar refractivity (Wildman–Crippen MR) is 303 cm³/mol. The van der Waals surface area contributed by atoms with Gasteiger partial charge in [0, 0.05) is 59.9 Å². The first-order valence-corrected chi connectivity index (χ1v) is 32.4. The second-order valence-corrected chi connectivity index (χ2v) is 28.4. The van der Waals surface area contributed by atoms with Crippen molar-refractivity contribution in [2.45, 2.75) is 187 Å². The Kier molecular flexibility index (Phi) is 18.5. The zero-order chi connectivity index (χ0) is 56.0. The number of esters is 1. The third kappa shape index (κ3) is 10.9. The molecule has 444 valence electrons. The number of carbonyl (C=O) groups excluding carboxylic acids is 1. The Morgan fingerprint density at radius 2 is 1.73 bits per heavy atom. The first-order chi connectivity index (χ1) is 38.0. The number of allylic oxidation sites excluding steroid dienone is 1. The molecule has 3 spiro atoms. The summed E-state index contributed by atoms with van der Waals surface area (Å²) in [5.74, 6) is -1.83. The van der Waals surface area contributed by atoms with Gasteiger partial charge in [-0.25, -0.2) is 0 Å². The fourth-order valence-electron chi connectivity index (χ4n) is 17.3. The molecule has 8 aliphatic rings. The number of aliphatic hydroxyl groups is 8. The standard InChI is InChI=1S/C60H93N3O14S2/c1-5-73-48(68)14-11-38-27-39-18-25-74-50(39)52-51(38)76-54-60(72)49-40(10-12-44(66)43(49)34-65)30-58(71,53(60)69)59(77-54)35-78-79-57(46(63-24-26-75-52)13-9-36(2)7-6-8-47(59)67)23-22-55(19-15-37(28-55)31-61-3)45(57)17-21-56(70)20-16-41(33-64)42(29-56)32-62-4/h10,12,18,25,27,36-37,40-47,49,53-54,61-67,69-72H,5-9,11,13-17,19-24,26,28-35H2,1-4H3. The van der Waals surface area contributed by atoms with Crippen LogP contribution in [0.3, 0.4) is 0 Å². The summed E-state index contributed by atoms with van der Waals surface area (Å²) in [6, 6.07) is 3.58. The Hall–Kier alpha value is -2.21. The van der Waals surface area contributed by atoms with E-state index in [1.165, 1.54) is 0 Å². The number of rotatable bonds is 13. The lowest BCUT2D eigenvalue weighted by molar-refractivity contribution is -0.424. The molecule has 2 aromatic rings. The molecule has 79 heavy (non-hydrogen) atoms. The van der Waals surface area contributed by atoms with E-state index in [0.717, 1.165) is 77.3 Å². The van der Waals surface area contributed by atoms with Crippen LogP contribution in [0.15, 0.2) is 35.0 Å². The van der Waals surface area contributed by atoms with Gasteiger partial charge >= 0.3 is 5.97 Å². The van der Waals surface area contributed by atoms with Gasteiger partial charge in [0.05, 0.1) is 30.7 Å². The van der Waals surface area contributed by atoms with E-state index >= 15 is 0 Å². The van der Waals surface area contributed by atoms with E-state index in [2.05, 4.69) is 22.9 Å². The first kappa shape index (κ1) is 59.9. The fraction of sp³-hybridized carbons (Fsp3) is 0.817. The van der Waals surface area contributed by atoms with Gasteiger partial charge in [-0.2, -0.15) is 0 Å². The summed E-state index contributed by atoms with van der Waals surface area (Å²) in [5.41, 5.74) is -6.88. The second kappa shape index (κ2) is 24.4. The summed E-state index contributed by atoms with van der Waals surface area (Å²) < 4.78 is 32.6. The second-order valence-electron chi connectivity index (χ2n) is 25.8. The molecule has 1 aromatic heterocycles. The van der Waals surface area contributed by atoms with Crippen LogP contribution in [0.5, 0.6) is 11.5 Å². The number of nitrogens with one attached hydrogen (secondary N) is 3. The van der Waals surface area contributed by atoms with E-state index in [1.807, 2.05) is 20.2 Å². The highest BCUT2D eigenvalue weighted by molar-refractivity contribution is 8.77. The summed E-state index contributed by atoms with van der Waals surface area (Å²) in [6.07, 6.45) is 10.2. The summed E-state index contributed by atoms with van der Waals surface area (Å²) in [6.45, 7) is 5.98. The average Bonchev–Trinajstić information content (AvgIpc) is 4.28. The maximum atomic E-state index is 13.8. The van der Waals surface area contributed by atoms with Gasteiger partial charge < -0.3 is 80.2 Å². The van der Waals surface area contributed by atoms with Gasteiger partial charge in [0.15, 0.2) is 16.9 Å². The van der Waals surface area contributed by atoms with Crippen molar-refractivity contribution in [3.05, 3.63) is 36.1 Å². The molecule has 19 heteroatoms. The molecule has 1 aromatic carbocycles. The smallest absolute Gasteiger partial charge is 0.306 e. The zero-order valence-corrected chi connectivity index (χ0v) is 48.8. The number of carbonyl (C=O) groups is 1. The summed E-state index contributed by atoms with van der Waals surface area (Å²) in [5, 5.41) is 111. The Bertz CT molecular complexity index is 2440. The number of hydrogen-bond donors (Lipinski definition) is 11. The van der Waals surface area contributed by atoms with E-state index in [0.29, 0.717) is 54.7 Å². The molecule has 2 saturated heterocycles. The minimum absolute atomic E-state index is 0.0178. The van der Waals surface area contributed by atoms with E-state index < -0.39 is 82.1 Å². The maximum Gasteiger partial charge on any atom is 0.306 e. The highest BCUT2D eigenvalue weighted by atomic mass is 33.1. The largest absolute Gasteiger partial charge is 0.485 e. The number of aryl methyl sites for hydroxylation is 1. The number of aliphatic hydroxyl groups excluding tert-OH is 5. The normalized spacial score (nSPS) is 43.6. The molecule has 0 radical (unpaired) electrons. The zero-order valence-electron chi connectivity index (χ0n) is 47.1. The topological polar surface area (TPSA) is 265 Å². The van der Waals surface area contributed by atoms with Crippen molar-refractivity contribution in [3.8, 4) is 11.5 Å². The van der Waals surface area contributed by atoms with E-state index in [1.54, 1.807) is 53.0 Å². The molecule has 5 aliphatic carbocycles. The third-order valence-electron chi connectivity index (χ3n) is 21.3. The first-order valence-electron chi connectivity index (χ1n) is 30.1. The van der Waals surface area contributed by atoms with Crippen molar-refractivity contribution in [1.82, 2.24) is 16.0 Å². The van der Waals surface area contributed by atoms with Gasteiger partial charge in [0.25, 0.3) is 0 Å². The lowest BCUT2D eigenvalue weighted by atomic mass is 9.50. The Morgan fingerprint density at radius 1 is 0.911 bits per heavy atom. The van der Waals surface area contributed by atoms with E-state index in [-0.39, 0.29) is 97.9 Å². The van der Waals surface area contributed by atoms with Crippen LogP contribution in [0, 0.1) is 52.8 Å². The van der Waals surface area contributed by atoms with Crippen molar-refractivity contribution < 1.29 is 69.0 Å². The van der Waals surface area contributed by atoms with Crippen LogP contribution < -0.4 is 25.4 Å². The highest BCUT2D eigenvalue weighted by Gasteiger charge is 2.78. The van der Waals surface area contributed by atoms with Crippen molar-refractivity contribution in [3.63, 3.8) is 0 Å². The van der Waals surface area contributed by atoms with Gasteiger partial charge in [-0.05, 0) is 189 Å². The fourth-order valence-corrected chi connectivity index (χ4v) is 21.6. The Labute approximate surface area is 474 Å². The van der Waals surface area contributed by atoms with E-state index in [9.17, 15) is 45.6 Å². The molecule has 5 bridgehead atoms. The van der Waals surface area contributed by atoms with Crippen molar-refractivity contribution in [1.29, 1.82) is 0 Å². The molecular formula is C60H93N3O14S2. The van der Waals surface area contributed by atoms with Gasteiger partial charge in [0.2, 0.25) is 12.0 Å². The molecule has 19 atom stereocenters. The summed E-state index contributed by atoms with van der Waals surface area (Å²) >= 11 is 0. The molecule has 17 nitrogen and oxygen atoms in total. The number of benzene rings is 1. The van der Waals surface area contributed by atoms with Gasteiger partial charge in [0.1, 0.15) is 23.9 Å². The maximum absolute atomic E-state index is 13.8. The molecule has 10 rings (SSSR count). The van der Waals surface area contributed by atoms with Crippen LogP contribution in [0.4, 0.5) is 0 Å². The molecule has 0 amide bonds. The van der Waals surface area contributed by atoms with Crippen LogP contribution in [0.2, 0.25) is 0 Å². The van der Waals surface area contributed by atoms with Gasteiger partial charge in [-0.1, -0.05) is 53.5 Å². The van der Waals surface area contributed by atoms with Crippen LogP contribution in [-0.2, 0) is 20.7 Å². The molecule has 19 unspecified atom stereocenters. The molecule has 4 heterocycles. The minimum Gasteiger partial charge on any atom is -0.485 e. The van der Waals surface area contributed by atoms with Crippen LogP contribution in [-0.4, -0.2) is 171 Å². The SMILES string of the molecule is CCOC(=O)CCc1cc2ccoc2c2c1OC1OC3(CSSC4(CCC5(CCC(CNC)C5)C4CCC4(O)CCC(CO)C(CNC)C4)C(CCC(C)CCCC3O)NCCO2)C2(O)CC3C=CC(O)C(CO)C3C1(O)C2O. The molecule has 4 saturated carbocycles. The lowest BCUT2D eigenvalue weighted by Crippen LogP contribution is -2.86. The molecular weight excluding hydrogens is 1050 g/mol. The predicted octanol–water partition coefficient (Wildman–Crippen LogP) is 5.39. The monoisotopic (exact) mass is 1140 g/mol. The number of fused-ring (bicyclic) bond motifs is 11. The Morgan fingerprint density at radius 3 is 2.51 bits per heavy atom. The number of furan rings is 1. The molecule has 6 fully saturated rings. The quantitative estimate of drug-likeness (QED) is 0.0683. The summed E-state index contributed by atoms with van der Waals surface area (Å²) in [7, 11) is 7.32. The van der Waals surface area contributed by atoms with E-state index in [4.69, 9.17) is 23.4 Å². The lowest BCUT2D eigenvalue weighted by Gasteiger charge is -2.67. The molecule has 11 N–H and O–H groups in total. The number of ether oxygens (including phenoxy) is 4.